The summed E-state index contributed by atoms with van der Waals surface area (Å²) in [4.78, 5) is 15.6. The SMILES string of the molecule is C1=CC2CC=C(c3nc(C4=CC=C(c5ccc6oc7ccccc7c6c5)C5Oc6ccccc6C45)nc(-c4ccccc4)n3)C=C2c2ccccc21. The molecule has 3 unspecified atom stereocenters. The molecule has 3 heterocycles. The number of ether oxygens (including phenoxy) is 1. The number of benzene rings is 5. The van der Waals surface area contributed by atoms with Gasteiger partial charge in [-0.05, 0) is 59.0 Å². The highest BCUT2D eigenvalue weighted by molar-refractivity contribution is 6.06. The lowest BCUT2D eigenvalue weighted by molar-refractivity contribution is 0.281. The Bertz CT molecular complexity index is 2770. The van der Waals surface area contributed by atoms with Gasteiger partial charge in [-0.25, -0.2) is 15.0 Å². The molecule has 5 nitrogen and oxygen atoms in total. The molecule has 0 N–H and O–H groups in total. The Morgan fingerprint density at radius 2 is 1.37 bits per heavy atom. The molecule has 52 heavy (non-hydrogen) atoms. The summed E-state index contributed by atoms with van der Waals surface area (Å²) in [7, 11) is 0. The number of aromatic nitrogens is 3. The summed E-state index contributed by atoms with van der Waals surface area (Å²) in [5.41, 5.74) is 11.9. The van der Waals surface area contributed by atoms with E-state index in [9.17, 15) is 0 Å². The Labute approximate surface area is 300 Å². The average molecular weight is 670 g/mol. The van der Waals surface area contributed by atoms with Crippen molar-refractivity contribution in [2.75, 3.05) is 0 Å². The molecule has 0 amide bonds. The van der Waals surface area contributed by atoms with E-state index in [-0.39, 0.29) is 12.0 Å². The molecular weight excluding hydrogens is 639 g/mol. The van der Waals surface area contributed by atoms with E-state index in [0.717, 1.165) is 67.5 Å². The highest BCUT2D eigenvalue weighted by Crippen LogP contribution is 2.52. The van der Waals surface area contributed by atoms with Crippen LogP contribution in [0.3, 0.4) is 0 Å². The minimum absolute atomic E-state index is 0.106. The Morgan fingerprint density at radius 3 is 2.33 bits per heavy atom. The molecule has 0 fully saturated rings. The summed E-state index contributed by atoms with van der Waals surface area (Å²) < 4.78 is 13.0. The van der Waals surface area contributed by atoms with E-state index in [2.05, 4.69) is 121 Å². The van der Waals surface area contributed by atoms with E-state index in [1.165, 1.54) is 16.7 Å². The quantitative estimate of drug-likeness (QED) is 0.187. The van der Waals surface area contributed by atoms with Crippen molar-refractivity contribution in [2.24, 2.45) is 5.92 Å². The van der Waals surface area contributed by atoms with E-state index in [0.29, 0.717) is 23.4 Å². The van der Waals surface area contributed by atoms with Gasteiger partial charge in [-0.2, -0.15) is 0 Å². The molecule has 5 heteroatoms. The van der Waals surface area contributed by atoms with Crippen LogP contribution in [0.1, 0.15) is 46.2 Å². The number of hydrogen-bond donors (Lipinski definition) is 0. The molecule has 2 aromatic heterocycles. The van der Waals surface area contributed by atoms with Gasteiger partial charge in [0, 0.05) is 44.5 Å². The summed E-state index contributed by atoms with van der Waals surface area (Å²) in [6.07, 6.45) is 14.1. The highest BCUT2D eigenvalue weighted by atomic mass is 16.5. The fourth-order valence-corrected chi connectivity index (χ4v) is 8.35. The van der Waals surface area contributed by atoms with E-state index in [1.807, 2.05) is 36.4 Å². The number of hydrogen-bond acceptors (Lipinski definition) is 5. The van der Waals surface area contributed by atoms with Crippen LogP contribution in [0.4, 0.5) is 0 Å². The van der Waals surface area contributed by atoms with Crippen LogP contribution >= 0.6 is 0 Å². The Kier molecular flexibility index (Phi) is 6.44. The molecule has 0 radical (unpaired) electrons. The molecule has 0 saturated heterocycles. The van der Waals surface area contributed by atoms with Crippen molar-refractivity contribution >= 4 is 50.3 Å². The minimum Gasteiger partial charge on any atom is -0.484 e. The molecule has 3 aliphatic carbocycles. The average Bonchev–Trinajstić information content (AvgIpc) is 3.79. The predicted molar refractivity (Wildman–Crippen MR) is 208 cm³/mol. The number of allylic oxidation sites excluding steroid dienone is 7. The molecule has 11 rings (SSSR count). The van der Waals surface area contributed by atoms with Crippen LogP contribution in [0.5, 0.6) is 5.75 Å². The van der Waals surface area contributed by atoms with E-state index in [1.54, 1.807) is 0 Å². The Balaban J connectivity index is 1.08. The highest BCUT2D eigenvalue weighted by Gasteiger charge is 2.42. The monoisotopic (exact) mass is 669 g/mol. The lowest BCUT2D eigenvalue weighted by Crippen LogP contribution is -2.25. The molecule has 4 aliphatic rings. The number of nitrogens with zero attached hydrogens (tertiary/aromatic N) is 3. The largest absolute Gasteiger partial charge is 0.484 e. The van der Waals surface area contributed by atoms with Gasteiger partial charge in [-0.1, -0.05) is 127 Å². The second-order valence-corrected chi connectivity index (χ2v) is 13.8. The van der Waals surface area contributed by atoms with E-state index < -0.39 is 0 Å². The van der Waals surface area contributed by atoms with Gasteiger partial charge in [-0.15, -0.1) is 0 Å². The van der Waals surface area contributed by atoms with Crippen molar-refractivity contribution in [3.05, 3.63) is 186 Å². The molecule has 246 valence electrons. The topological polar surface area (TPSA) is 61.0 Å². The summed E-state index contributed by atoms with van der Waals surface area (Å²) in [6, 6.07) is 41.8. The van der Waals surface area contributed by atoms with Crippen molar-refractivity contribution in [1.29, 1.82) is 0 Å². The molecule has 0 spiro atoms. The molecule has 5 aromatic carbocycles. The van der Waals surface area contributed by atoms with Crippen molar-refractivity contribution in [1.82, 2.24) is 15.0 Å². The Morgan fingerprint density at radius 1 is 0.596 bits per heavy atom. The van der Waals surface area contributed by atoms with Crippen LogP contribution < -0.4 is 4.74 Å². The summed E-state index contributed by atoms with van der Waals surface area (Å²) in [6.45, 7) is 0. The van der Waals surface area contributed by atoms with Crippen LogP contribution in [0.25, 0.3) is 61.7 Å². The van der Waals surface area contributed by atoms with Crippen LogP contribution in [-0.4, -0.2) is 21.1 Å². The first-order valence-corrected chi connectivity index (χ1v) is 17.9. The minimum atomic E-state index is -0.254. The third-order valence-electron chi connectivity index (χ3n) is 10.9. The van der Waals surface area contributed by atoms with Crippen LogP contribution in [0, 0.1) is 5.92 Å². The lowest BCUT2D eigenvalue weighted by atomic mass is 9.78. The zero-order valence-electron chi connectivity index (χ0n) is 28.1. The zero-order chi connectivity index (χ0) is 34.2. The number of furan rings is 1. The smallest absolute Gasteiger partial charge is 0.164 e. The second kappa shape index (κ2) is 11.5. The van der Waals surface area contributed by atoms with Gasteiger partial charge in [0.15, 0.2) is 17.5 Å². The van der Waals surface area contributed by atoms with Gasteiger partial charge in [0.1, 0.15) is 23.0 Å². The predicted octanol–water partition coefficient (Wildman–Crippen LogP) is 11.0. The zero-order valence-corrected chi connectivity index (χ0v) is 28.1. The summed E-state index contributed by atoms with van der Waals surface area (Å²) >= 11 is 0. The maximum Gasteiger partial charge on any atom is 0.164 e. The number of para-hydroxylation sites is 2. The fraction of sp³-hybridized carbons (Fsp3) is 0.0851. The fourth-order valence-electron chi connectivity index (χ4n) is 8.35. The van der Waals surface area contributed by atoms with Gasteiger partial charge >= 0.3 is 0 Å². The Hall–Kier alpha value is -6.59. The molecule has 1 aliphatic heterocycles. The van der Waals surface area contributed by atoms with E-state index >= 15 is 0 Å². The van der Waals surface area contributed by atoms with Crippen LogP contribution in [-0.2, 0) is 0 Å². The lowest BCUT2D eigenvalue weighted by Gasteiger charge is -2.28. The molecule has 3 atom stereocenters. The third kappa shape index (κ3) is 4.59. The van der Waals surface area contributed by atoms with Gasteiger partial charge in [0.2, 0.25) is 0 Å². The van der Waals surface area contributed by atoms with Crippen molar-refractivity contribution in [3.63, 3.8) is 0 Å². The molecule has 0 saturated carbocycles. The van der Waals surface area contributed by atoms with Gasteiger partial charge < -0.3 is 9.15 Å². The van der Waals surface area contributed by atoms with Gasteiger partial charge in [0.05, 0.1) is 5.92 Å². The molecular formula is C47H31N3O2. The second-order valence-electron chi connectivity index (χ2n) is 13.8. The van der Waals surface area contributed by atoms with Gasteiger partial charge in [-0.3, -0.25) is 0 Å². The first-order valence-electron chi connectivity index (χ1n) is 17.9. The van der Waals surface area contributed by atoms with Crippen LogP contribution in [0.15, 0.2) is 156 Å². The maximum absolute atomic E-state index is 6.83. The van der Waals surface area contributed by atoms with Crippen molar-refractivity contribution in [3.8, 4) is 17.1 Å². The van der Waals surface area contributed by atoms with Gasteiger partial charge in [0.25, 0.3) is 0 Å². The standard InChI is InChI=1S/C47H31N3O2/c1-2-11-30(12-3-1)45-48-46(32-21-20-29-19-18-28-10-4-5-13-33(28)38(29)27-32)50-47(49-45)37-24-23-34(44-43(37)36-15-7-9-17-41(36)52-44)31-22-25-42-39(26-31)35-14-6-8-16-40(35)51-42/h1-19,21-27,29,43-44H,20H2. The number of rotatable bonds is 4. The molecule has 0 bridgehead atoms. The molecule has 7 aromatic rings. The van der Waals surface area contributed by atoms with Crippen LogP contribution in [0.2, 0.25) is 0 Å². The normalized spacial score (nSPS) is 19.8. The van der Waals surface area contributed by atoms with Crippen molar-refractivity contribution < 1.29 is 9.15 Å². The summed E-state index contributed by atoms with van der Waals surface area (Å²) in [5, 5.41) is 2.20. The number of fused-ring (bicyclic) bond motifs is 9. The van der Waals surface area contributed by atoms with E-state index in [4.69, 9.17) is 24.1 Å². The first kappa shape index (κ1) is 29.2. The maximum atomic E-state index is 6.83. The first-order chi connectivity index (χ1) is 25.7. The summed E-state index contributed by atoms with van der Waals surface area (Å²) in [5.74, 6) is 3.12. The third-order valence-corrected chi connectivity index (χ3v) is 10.9. The van der Waals surface area contributed by atoms with Crippen molar-refractivity contribution in [2.45, 2.75) is 18.4 Å².